The van der Waals surface area contributed by atoms with Crippen molar-refractivity contribution in [1.82, 2.24) is 40.3 Å². The van der Waals surface area contributed by atoms with Crippen LogP contribution in [0.3, 0.4) is 0 Å². The molecule has 5 heterocycles. The number of rotatable bonds is 18. The predicted octanol–water partition coefficient (Wildman–Crippen LogP) is 6.43. The summed E-state index contributed by atoms with van der Waals surface area (Å²) in [5, 5.41) is 23.6. The molecule has 21 heteroatoms. The van der Waals surface area contributed by atoms with Gasteiger partial charge in [0.15, 0.2) is 5.82 Å². The highest BCUT2D eigenvalue weighted by Gasteiger charge is 2.44. The molecule has 396 valence electrons. The fourth-order valence-corrected chi connectivity index (χ4v) is 11.2. The number of carbonyl (C=O) groups excluding carboxylic acids is 3. The highest BCUT2D eigenvalue weighted by atomic mass is 35.5. The van der Waals surface area contributed by atoms with Gasteiger partial charge in [0.1, 0.15) is 33.8 Å². The molecule has 3 aromatic carbocycles. The van der Waals surface area contributed by atoms with Gasteiger partial charge < -0.3 is 45.8 Å². The number of β-amino-alcohol motifs (C(OH)–C–C–N with tert-alkyl or cyclic N) is 1. The van der Waals surface area contributed by atoms with Crippen molar-refractivity contribution in [3.63, 3.8) is 0 Å². The highest BCUT2D eigenvalue weighted by molar-refractivity contribution is 7.85. The van der Waals surface area contributed by atoms with E-state index in [2.05, 4.69) is 57.0 Å². The number of para-hydroxylation sites is 2. The number of nitrogens with one attached hydrogen (secondary N) is 4. The molecule has 3 aliphatic heterocycles. The summed E-state index contributed by atoms with van der Waals surface area (Å²) >= 11 is 8.11. The summed E-state index contributed by atoms with van der Waals surface area (Å²) in [5.74, 6) is 0.973. The van der Waals surface area contributed by atoms with E-state index in [0.717, 1.165) is 91.7 Å². The molecule has 4 atom stereocenters. The number of methoxy groups -OCH3 is 1. The van der Waals surface area contributed by atoms with Crippen LogP contribution in [0.25, 0.3) is 10.4 Å². The van der Waals surface area contributed by atoms with Crippen molar-refractivity contribution < 1.29 is 28.4 Å². The van der Waals surface area contributed by atoms with E-state index in [0.29, 0.717) is 39.8 Å². The summed E-state index contributed by atoms with van der Waals surface area (Å²) in [7, 11) is 2.17. The van der Waals surface area contributed by atoms with Crippen LogP contribution < -0.4 is 35.2 Å². The van der Waals surface area contributed by atoms with E-state index >= 15 is 0 Å². The van der Waals surface area contributed by atoms with Crippen molar-refractivity contribution in [2.75, 3.05) is 99.2 Å². The second kappa shape index (κ2) is 24.2. The van der Waals surface area contributed by atoms with Crippen LogP contribution >= 0.6 is 22.9 Å². The Kier molecular flexibility index (Phi) is 17.8. The van der Waals surface area contributed by atoms with Crippen molar-refractivity contribution in [3.05, 3.63) is 94.7 Å². The summed E-state index contributed by atoms with van der Waals surface area (Å²) in [6.07, 6.45) is 4.52. The molecule has 0 radical (unpaired) electrons. The fourth-order valence-electron chi connectivity index (χ4n) is 9.79. The number of likely N-dealkylation sites (tertiary alicyclic amines) is 1. The number of carbonyl (C=O) groups is 3. The van der Waals surface area contributed by atoms with E-state index in [9.17, 15) is 23.7 Å². The first-order valence-corrected chi connectivity index (χ1v) is 27.9. The van der Waals surface area contributed by atoms with Crippen LogP contribution in [-0.2, 0) is 31.9 Å². The molecule has 0 bridgehead atoms. The molecule has 2 aromatic heterocycles. The smallest absolute Gasteiger partial charge is 0.246 e. The molecule has 0 saturated carbocycles. The highest BCUT2D eigenvalue weighted by Crippen LogP contribution is 2.36. The predicted molar refractivity (Wildman–Crippen MR) is 295 cm³/mol. The molecular formula is C53H69ClN12O6S2. The number of ether oxygens (including phenoxy) is 1. The van der Waals surface area contributed by atoms with Gasteiger partial charge in [-0.05, 0) is 66.5 Å². The van der Waals surface area contributed by atoms with Gasteiger partial charge >= 0.3 is 0 Å². The first-order valence-electron chi connectivity index (χ1n) is 25.1. The quantitative estimate of drug-likeness (QED) is 0.0643. The molecule has 18 nitrogen and oxygen atoms in total. The van der Waals surface area contributed by atoms with E-state index in [1.165, 1.54) is 11.1 Å². The van der Waals surface area contributed by atoms with Crippen LogP contribution in [0.1, 0.15) is 51.3 Å². The third-order valence-electron chi connectivity index (χ3n) is 14.1. The third kappa shape index (κ3) is 13.5. The number of anilines is 6. The summed E-state index contributed by atoms with van der Waals surface area (Å²) in [6, 6.07) is 19.8. The molecule has 8 rings (SSSR count). The van der Waals surface area contributed by atoms with E-state index in [-0.39, 0.29) is 43.8 Å². The number of aliphatic hydroxyl groups is 1. The third-order valence-corrected chi connectivity index (χ3v) is 16.3. The zero-order chi connectivity index (χ0) is 52.7. The average molecular weight is 1070 g/mol. The number of hydrogen-bond donors (Lipinski definition) is 5. The second-order valence-corrected chi connectivity index (χ2v) is 23.1. The largest absolute Gasteiger partial charge is 0.494 e. The number of thiazole rings is 1. The number of aromatic nitrogens is 3. The van der Waals surface area contributed by atoms with Crippen LogP contribution in [0, 0.1) is 18.3 Å². The average Bonchev–Trinajstić information content (AvgIpc) is 4.01. The summed E-state index contributed by atoms with van der Waals surface area (Å²) in [5.41, 5.74) is 7.33. The Balaban J connectivity index is 0.779. The van der Waals surface area contributed by atoms with E-state index in [4.69, 9.17) is 16.3 Å². The monoisotopic (exact) mass is 1070 g/mol. The van der Waals surface area contributed by atoms with Crippen molar-refractivity contribution in [2.24, 2.45) is 11.3 Å². The number of aliphatic hydroxyl groups excluding tert-OH is 1. The lowest BCUT2D eigenvalue weighted by Gasteiger charge is -2.39. The molecule has 5 aromatic rings. The number of nitrogens with zero attached hydrogens (tertiary/aromatic N) is 8. The first-order chi connectivity index (χ1) is 35.4. The number of aryl methyl sites for hydroxylation is 1. The number of piperidine rings is 1. The second-order valence-electron chi connectivity index (χ2n) is 20.4. The van der Waals surface area contributed by atoms with Gasteiger partial charge in [-0.15, -0.1) is 11.3 Å². The molecular weight excluding hydrogens is 1000 g/mol. The van der Waals surface area contributed by atoms with Crippen LogP contribution in [0.5, 0.6) is 5.75 Å². The maximum atomic E-state index is 14.2. The minimum atomic E-state index is -1.23. The lowest BCUT2D eigenvalue weighted by Crippen LogP contribution is -2.59. The Morgan fingerprint density at radius 1 is 0.959 bits per heavy atom. The Hall–Kier alpha value is -5.90. The summed E-state index contributed by atoms with van der Waals surface area (Å²) in [6.45, 7) is 14.1. The molecule has 0 aliphatic carbocycles. The van der Waals surface area contributed by atoms with Crippen LogP contribution in [0.2, 0.25) is 5.02 Å². The van der Waals surface area contributed by atoms with Crippen molar-refractivity contribution in [3.8, 4) is 16.2 Å². The maximum Gasteiger partial charge on any atom is 0.246 e. The maximum absolute atomic E-state index is 14.2. The summed E-state index contributed by atoms with van der Waals surface area (Å²) < 4.78 is 19.7. The minimum absolute atomic E-state index is 0.0210. The summed E-state index contributed by atoms with van der Waals surface area (Å²) in [4.78, 5) is 64.4. The SMILES string of the molecule is COc1cc(N2CCC(CN3CCN(CC(=O)N[C@H](C(=O)N4C[C@H](O)C[C@@H]4C(=O)NCc4ccc(-c5scnc5C)cc4)C(C)(C)C)CC3)CC2)ccc1Nc1ncc(Cl)c(Nc2ccccc2N(C)S(C)=O)n1. The van der Waals surface area contributed by atoms with Gasteiger partial charge in [0.2, 0.25) is 23.7 Å². The lowest BCUT2D eigenvalue weighted by atomic mass is 9.85. The Morgan fingerprint density at radius 2 is 1.68 bits per heavy atom. The molecule has 0 spiro atoms. The van der Waals surface area contributed by atoms with Gasteiger partial charge in [0.25, 0.3) is 0 Å². The number of halogens is 1. The van der Waals surface area contributed by atoms with Crippen molar-refractivity contribution >= 4 is 86.2 Å². The fraction of sp³-hybridized carbons (Fsp3) is 0.472. The molecule has 74 heavy (non-hydrogen) atoms. The molecule has 3 saturated heterocycles. The molecule has 3 aliphatic rings. The molecule has 1 unspecified atom stereocenters. The molecule has 5 N–H and O–H groups in total. The normalized spacial score (nSPS) is 18.7. The van der Waals surface area contributed by atoms with Gasteiger partial charge in [-0.1, -0.05) is 68.8 Å². The van der Waals surface area contributed by atoms with Gasteiger partial charge in [-0.25, -0.2) is 14.2 Å². The van der Waals surface area contributed by atoms with Gasteiger partial charge in [-0.3, -0.25) is 23.6 Å². The Bertz CT molecular complexity index is 2780. The number of hydrogen-bond acceptors (Lipinski definition) is 15. The van der Waals surface area contributed by atoms with Crippen LogP contribution in [-0.4, -0.2) is 154 Å². The van der Waals surface area contributed by atoms with Gasteiger partial charge in [0, 0.05) is 90.4 Å². The standard InChI is InChI=1S/C53H69ClN12O6S2/c1-34-47(73-33-57-34)37-14-12-35(13-15-37)28-55-50(69)44-27-39(67)31-66(44)51(70)48(53(2,3)4)60-46(68)32-64-24-22-63(23-25-64)30-36-18-20-65(21-19-36)38-16-17-42(45(26-38)72-6)59-52-56-29-40(54)49(61-52)58-41-10-8-9-11-43(41)62(5)74(7)71/h8-17,26,29,33,36,39,44,48,67H,18-25,27-28,30-32H2,1-7H3,(H,55,69)(H,60,68)(H2,56,58,59,61)/t39-,44-,48-,74?/m1/s1. The van der Waals surface area contributed by atoms with Gasteiger partial charge in [0.05, 0.1) is 59.1 Å². The van der Waals surface area contributed by atoms with Crippen molar-refractivity contribution in [1.29, 1.82) is 0 Å². The molecule has 3 amide bonds. The topological polar surface area (TPSA) is 201 Å². The zero-order valence-electron chi connectivity index (χ0n) is 43.3. The Morgan fingerprint density at radius 3 is 2.35 bits per heavy atom. The molecule has 3 fully saturated rings. The van der Waals surface area contributed by atoms with Crippen LogP contribution in [0.4, 0.5) is 34.5 Å². The van der Waals surface area contributed by atoms with Gasteiger partial charge in [-0.2, -0.15) is 4.98 Å². The van der Waals surface area contributed by atoms with Crippen LogP contribution in [0.15, 0.2) is 78.4 Å². The zero-order valence-corrected chi connectivity index (χ0v) is 45.7. The van der Waals surface area contributed by atoms with E-state index < -0.39 is 34.6 Å². The number of piperazine rings is 1. The number of benzene rings is 3. The minimum Gasteiger partial charge on any atom is -0.494 e. The van der Waals surface area contributed by atoms with E-state index in [1.807, 2.05) is 93.9 Å². The Labute approximate surface area is 445 Å². The number of amides is 3. The first kappa shape index (κ1) is 54.4. The van der Waals surface area contributed by atoms with E-state index in [1.54, 1.807) is 36.1 Å². The van der Waals surface area contributed by atoms with Crippen molar-refractivity contribution in [2.45, 2.75) is 71.7 Å². The lowest BCUT2D eigenvalue weighted by molar-refractivity contribution is -0.144.